The van der Waals surface area contributed by atoms with Crippen LogP contribution in [0.3, 0.4) is 0 Å². The molecule has 0 amide bonds. The fraction of sp³-hybridized carbons (Fsp3) is 0.643. The molecule has 0 bridgehead atoms. The predicted molar refractivity (Wildman–Crippen MR) is 81.5 cm³/mol. The van der Waals surface area contributed by atoms with Gasteiger partial charge in [0.15, 0.2) is 17.0 Å². The number of hydrogen-bond acceptors (Lipinski definition) is 7. The summed E-state index contributed by atoms with van der Waals surface area (Å²) < 4.78 is 21.0. The molecule has 0 spiro atoms. The van der Waals surface area contributed by atoms with Gasteiger partial charge in [0, 0.05) is 13.0 Å². The Morgan fingerprint density at radius 2 is 2.26 bits per heavy atom. The van der Waals surface area contributed by atoms with Crippen molar-refractivity contribution in [2.45, 2.75) is 37.8 Å². The quantitative estimate of drug-likeness (QED) is 0.748. The van der Waals surface area contributed by atoms with Gasteiger partial charge in [-0.15, -0.1) is 0 Å². The van der Waals surface area contributed by atoms with Crippen LogP contribution in [0, 0.1) is 5.92 Å². The summed E-state index contributed by atoms with van der Waals surface area (Å²) in [5.74, 6) is 1.40. The van der Waals surface area contributed by atoms with Gasteiger partial charge in [-0.1, -0.05) is 0 Å². The molecule has 2 fully saturated rings. The smallest absolute Gasteiger partial charge is 0.224 e. The first-order valence-corrected chi connectivity index (χ1v) is 7.80. The van der Waals surface area contributed by atoms with Crippen molar-refractivity contribution in [2.75, 3.05) is 24.2 Å². The zero-order valence-corrected chi connectivity index (χ0v) is 12.5. The second-order valence-corrected chi connectivity index (χ2v) is 6.14. The molecule has 1 aliphatic heterocycles. The Balaban J connectivity index is 1.65. The average molecular weight is 322 g/mol. The average Bonchev–Trinajstić information content (AvgIpc) is 3.15. The minimum absolute atomic E-state index is 0.131. The standard InChI is InChI=1S/C14H19FN6O2/c15-8-3-10(23-9(8)5-22)21-6-18-11-12(17-4-7-1-2-7)19-14(16)20-13(11)21/h6-10,22H,1-5H2,(H3,16,17,19,20)/t8-,9+,10+/m0/s1. The lowest BCUT2D eigenvalue weighted by Crippen LogP contribution is -2.21. The van der Waals surface area contributed by atoms with Crippen LogP contribution in [0.5, 0.6) is 0 Å². The van der Waals surface area contributed by atoms with Crippen molar-refractivity contribution in [1.29, 1.82) is 0 Å². The molecule has 0 unspecified atom stereocenters. The number of aliphatic hydroxyl groups is 1. The van der Waals surface area contributed by atoms with Crippen molar-refractivity contribution in [2.24, 2.45) is 5.92 Å². The Morgan fingerprint density at radius 1 is 1.43 bits per heavy atom. The Bertz CT molecular complexity index is 719. The highest BCUT2D eigenvalue weighted by Crippen LogP contribution is 2.34. The van der Waals surface area contributed by atoms with E-state index in [2.05, 4.69) is 20.3 Å². The SMILES string of the molecule is Nc1nc(NCC2CC2)c2ncn([C@H]3C[C@H](F)[C@@H](CO)O3)c2n1. The lowest BCUT2D eigenvalue weighted by atomic mass is 10.2. The van der Waals surface area contributed by atoms with Gasteiger partial charge in [-0.05, 0) is 18.8 Å². The number of alkyl halides is 1. The maximum absolute atomic E-state index is 13.8. The number of rotatable bonds is 5. The highest BCUT2D eigenvalue weighted by atomic mass is 19.1. The number of nitrogens with one attached hydrogen (secondary N) is 1. The third-order valence-electron chi connectivity index (χ3n) is 4.35. The monoisotopic (exact) mass is 322 g/mol. The van der Waals surface area contributed by atoms with Gasteiger partial charge in [0.25, 0.3) is 0 Å². The fourth-order valence-corrected chi connectivity index (χ4v) is 2.85. The zero-order chi connectivity index (χ0) is 16.0. The first-order chi connectivity index (χ1) is 11.2. The molecule has 2 aliphatic rings. The maximum Gasteiger partial charge on any atom is 0.224 e. The highest BCUT2D eigenvalue weighted by Gasteiger charge is 2.37. The van der Waals surface area contributed by atoms with Gasteiger partial charge in [0.05, 0.1) is 12.9 Å². The Labute approximate surface area is 131 Å². The normalized spacial score (nSPS) is 27.7. The summed E-state index contributed by atoms with van der Waals surface area (Å²) in [5, 5.41) is 12.4. The lowest BCUT2D eigenvalue weighted by Gasteiger charge is -2.14. The Kier molecular flexibility index (Phi) is 3.53. The summed E-state index contributed by atoms with van der Waals surface area (Å²) >= 11 is 0. The first-order valence-electron chi connectivity index (χ1n) is 7.80. The van der Waals surface area contributed by atoms with Crippen molar-refractivity contribution < 1.29 is 14.2 Å². The number of nitrogens with two attached hydrogens (primary N) is 1. The van der Waals surface area contributed by atoms with Gasteiger partial charge in [-0.2, -0.15) is 9.97 Å². The van der Waals surface area contributed by atoms with Crippen LogP contribution in [0.4, 0.5) is 16.2 Å². The van der Waals surface area contributed by atoms with E-state index < -0.39 is 18.5 Å². The number of fused-ring (bicyclic) bond motifs is 1. The van der Waals surface area contributed by atoms with E-state index in [-0.39, 0.29) is 19.0 Å². The number of hydrogen-bond donors (Lipinski definition) is 3. The van der Waals surface area contributed by atoms with Gasteiger partial charge >= 0.3 is 0 Å². The maximum atomic E-state index is 13.8. The summed E-state index contributed by atoms with van der Waals surface area (Å²) in [7, 11) is 0. The van der Waals surface area contributed by atoms with Crippen LogP contribution in [0.25, 0.3) is 11.2 Å². The number of ether oxygens (including phenoxy) is 1. The van der Waals surface area contributed by atoms with Crippen LogP contribution in [0.2, 0.25) is 0 Å². The molecule has 1 saturated heterocycles. The van der Waals surface area contributed by atoms with Crippen molar-refractivity contribution in [3.63, 3.8) is 0 Å². The van der Waals surface area contributed by atoms with Crippen molar-refractivity contribution in [3.05, 3.63) is 6.33 Å². The lowest BCUT2D eigenvalue weighted by molar-refractivity contribution is -0.0323. The van der Waals surface area contributed by atoms with E-state index in [0.717, 1.165) is 6.54 Å². The molecule has 4 rings (SSSR count). The van der Waals surface area contributed by atoms with Crippen LogP contribution in [0.1, 0.15) is 25.5 Å². The third kappa shape index (κ3) is 2.70. The predicted octanol–water partition coefficient (Wildman–Crippen LogP) is 0.848. The molecule has 2 aromatic heterocycles. The minimum atomic E-state index is -1.21. The van der Waals surface area contributed by atoms with E-state index in [9.17, 15) is 4.39 Å². The molecule has 3 heterocycles. The molecule has 124 valence electrons. The van der Waals surface area contributed by atoms with E-state index in [0.29, 0.717) is 22.9 Å². The fourth-order valence-electron chi connectivity index (χ4n) is 2.85. The van der Waals surface area contributed by atoms with E-state index in [1.54, 1.807) is 10.9 Å². The molecule has 8 nitrogen and oxygen atoms in total. The van der Waals surface area contributed by atoms with E-state index in [1.807, 2.05) is 0 Å². The molecule has 3 atom stereocenters. The second-order valence-electron chi connectivity index (χ2n) is 6.14. The summed E-state index contributed by atoms with van der Waals surface area (Å²) in [5.41, 5.74) is 6.89. The van der Waals surface area contributed by atoms with Crippen molar-refractivity contribution in [1.82, 2.24) is 19.5 Å². The summed E-state index contributed by atoms with van der Waals surface area (Å²) in [6, 6.07) is 0. The van der Waals surface area contributed by atoms with E-state index in [1.165, 1.54) is 12.8 Å². The Hall–Kier alpha value is -2.00. The number of aliphatic hydroxyl groups excluding tert-OH is 1. The molecule has 4 N–H and O–H groups in total. The van der Waals surface area contributed by atoms with Gasteiger partial charge in [-0.3, -0.25) is 4.57 Å². The number of imidazole rings is 1. The van der Waals surface area contributed by atoms with Crippen LogP contribution in [0.15, 0.2) is 6.33 Å². The number of nitrogen functional groups attached to an aromatic ring is 1. The van der Waals surface area contributed by atoms with Gasteiger partial charge < -0.3 is 20.9 Å². The van der Waals surface area contributed by atoms with E-state index in [4.69, 9.17) is 15.6 Å². The molecular weight excluding hydrogens is 303 g/mol. The molecule has 2 aromatic rings. The summed E-state index contributed by atoms with van der Waals surface area (Å²) in [6.07, 6.45) is 1.56. The van der Waals surface area contributed by atoms with Gasteiger partial charge in [-0.25, -0.2) is 9.37 Å². The Morgan fingerprint density at radius 3 is 2.96 bits per heavy atom. The molecule has 0 aromatic carbocycles. The van der Waals surface area contributed by atoms with Crippen LogP contribution in [-0.2, 0) is 4.74 Å². The molecule has 1 saturated carbocycles. The van der Waals surface area contributed by atoms with E-state index >= 15 is 0 Å². The molecule has 0 radical (unpaired) electrons. The number of aromatic nitrogens is 4. The van der Waals surface area contributed by atoms with Crippen LogP contribution >= 0.6 is 0 Å². The number of halogens is 1. The number of anilines is 2. The number of nitrogens with zero attached hydrogens (tertiary/aromatic N) is 4. The van der Waals surface area contributed by atoms with Crippen LogP contribution in [-0.4, -0.2) is 50.1 Å². The largest absolute Gasteiger partial charge is 0.394 e. The summed E-state index contributed by atoms with van der Waals surface area (Å²) in [4.78, 5) is 12.8. The van der Waals surface area contributed by atoms with Crippen LogP contribution < -0.4 is 11.1 Å². The minimum Gasteiger partial charge on any atom is -0.394 e. The zero-order valence-electron chi connectivity index (χ0n) is 12.5. The highest BCUT2D eigenvalue weighted by molar-refractivity contribution is 5.84. The van der Waals surface area contributed by atoms with Crippen molar-refractivity contribution in [3.8, 4) is 0 Å². The summed E-state index contributed by atoms with van der Waals surface area (Å²) in [6.45, 7) is 0.479. The molecule has 23 heavy (non-hydrogen) atoms. The second kappa shape index (κ2) is 5.57. The first kappa shape index (κ1) is 14.6. The molecule has 9 heteroatoms. The van der Waals surface area contributed by atoms with Crippen molar-refractivity contribution >= 4 is 22.9 Å². The molecular formula is C14H19FN6O2. The van der Waals surface area contributed by atoms with Gasteiger partial charge in [0.1, 0.15) is 18.5 Å². The topological polar surface area (TPSA) is 111 Å². The van der Waals surface area contributed by atoms with Gasteiger partial charge in [0.2, 0.25) is 5.95 Å². The molecule has 1 aliphatic carbocycles. The third-order valence-corrected chi connectivity index (χ3v) is 4.35.